The fourth-order valence-electron chi connectivity index (χ4n) is 1.87. The standard InChI is InChI=1S/C11H18N2S2/c1-7(12-3)10-8(2)13-11(15-10)9-5-4-6-14-9/h7,9,12H,4-6H2,1-3H3. The Labute approximate surface area is 99.9 Å². The van der Waals surface area contributed by atoms with Crippen molar-refractivity contribution in [2.45, 2.75) is 38.0 Å². The summed E-state index contributed by atoms with van der Waals surface area (Å²) in [4.78, 5) is 6.12. The molecule has 2 rings (SSSR count). The molecule has 1 aliphatic heterocycles. The maximum Gasteiger partial charge on any atom is 0.106 e. The van der Waals surface area contributed by atoms with Crippen LogP contribution in [0.2, 0.25) is 0 Å². The van der Waals surface area contributed by atoms with Crippen LogP contribution in [0.1, 0.15) is 46.6 Å². The SMILES string of the molecule is CNC(C)c1sc(C2CCCS2)nc1C. The zero-order valence-electron chi connectivity index (χ0n) is 9.54. The van der Waals surface area contributed by atoms with E-state index in [0.717, 1.165) is 0 Å². The maximum atomic E-state index is 4.72. The molecule has 0 saturated carbocycles. The molecule has 1 aromatic heterocycles. The van der Waals surface area contributed by atoms with Gasteiger partial charge in [0, 0.05) is 10.9 Å². The number of nitrogens with one attached hydrogen (secondary N) is 1. The van der Waals surface area contributed by atoms with Crippen LogP contribution in [0.5, 0.6) is 0 Å². The molecular weight excluding hydrogens is 224 g/mol. The van der Waals surface area contributed by atoms with Crippen LogP contribution in [0.3, 0.4) is 0 Å². The average Bonchev–Trinajstić information content (AvgIpc) is 2.84. The maximum absolute atomic E-state index is 4.72. The van der Waals surface area contributed by atoms with Crippen molar-refractivity contribution < 1.29 is 0 Å². The summed E-state index contributed by atoms with van der Waals surface area (Å²) in [5, 5.41) is 5.30. The van der Waals surface area contributed by atoms with Gasteiger partial charge in [0.2, 0.25) is 0 Å². The van der Waals surface area contributed by atoms with Gasteiger partial charge in [0.25, 0.3) is 0 Å². The summed E-state index contributed by atoms with van der Waals surface area (Å²) in [5.74, 6) is 1.31. The van der Waals surface area contributed by atoms with Crippen LogP contribution in [0.4, 0.5) is 0 Å². The van der Waals surface area contributed by atoms with Crippen molar-refractivity contribution in [2.24, 2.45) is 0 Å². The fourth-order valence-corrected chi connectivity index (χ4v) is 4.51. The van der Waals surface area contributed by atoms with E-state index in [1.165, 1.54) is 34.2 Å². The van der Waals surface area contributed by atoms with Crippen LogP contribution < -0.4 is 5.32 Å². The number of hydrogen-bond acceptors (Lipinski definition) is 4. The van der Waals surface area contributed by atoms with E-state index in [9.17, 15) is 0 Å². The van der Waals surface area contributed by atoms with Crippen LogP contribution in [-0.2, 0) is 0 Å². The van der Waals surface area contributed by atoms with Gasteiger partial charge in [0.1, 0.15) is 5.01 Å². The van der Waals surface area contributed by atoms with Gasteiger partial charge in [-0.15, -0.1) is 11.3 Å². The monoisotopic (exact) mass is 242 g/mol. The number of thiazole rings is 1. The number of nitrogens with zero attached hydrogens (tertiary/aromatic N) is 1. The lowest BCUT2D eigenvalue weighted by Crippen LogP contribution is -2.11. The van der Waals surface area contributed by atoms with Crippen molar-refractivity contribution in [3.05, 3.63) is 15.6 Å². The summed E-state index contributed by atoms with van der Waals surface area (Å²) in [6, 6.07) is 0.433. The fraction of sp³-hybridized carbons (Fsp3) is 0.727. The third-order valence-electron chi connectivity index (χ3n) is 2.88. The number of hydrogen-bond donors (Lipinski definition) is 1. The Bertz CT molecular complexity index is 329. The third kappa shape index (κ3) is 2.37. The average molecular weight is 242 g/mol. The second-order valence-corrected chi connectivity index (χ2v) is 6.39. The highest BCUT2D eigenvalue weighted by molar-refractivity contribution is 7.99. The molecule has 2 atom stereocenters. The molecule has 0 aliphatic carbocycles. The Morgan fingerprint density at radius 3 is 2.93 bits per heavy atom. The van der Waals surface area contributed by atoms with Crippen LogP contribution in [0, 0.1) is 6.92 Å². The Morgan fingerprint density at radius 2 is 2.33 bits per heavy atom. The Balaban J connectivity index is 2.20. The first-order valence-electron chi connectivity index (χ1n) is 5.48. The van der Waals surface area contributed by atoms with Gasteiger partial charge in [-0.2, -0.15) is 11.8 Å². The molecule has 1 aliphatic rings. The molecule has 1 aromatic rings. The van der Waals surface area contributed by atoms with E-state index in [1.807, 2.05) is 18.4 Å². The Morgan fingerprint density at radius 1 is 1.53 bits per heavy atom. The molecule has 0 amide bonds. The topological polar surface area (TPSA) is 24.9 Å². The molecule has 0 aromatic carbocycles. The van der Waals surface area contributed by atoms with Crippen molar-refractivity contribution in [2.75, 3.05) is 12.8 Å². The number of thioether (sulfide) groups is 1. The Kier molecular flexibility index (Phi) is 3.69. The number of rotatable bonds is 3. The first kappa shape index (κ1) is 11.4. The minimum Gasteiger partial charge on any atom is -0.312 e. The first-order chi connectivity index (χ1) is 7.22. The first-order valence-corrected chi connectivity index (χ1v) is 7.35. The van der Waals surface area contributed by atoms with Gasteiger partial charge < -0.3 is 5.32 Å². The van der Waals surface area contributed by atoms with E-state index < -0.39 is 0 Å². The molecule has 1 fully saturated rings. The lowest BCUT2D eigenvalue weighted by atomic mass is 10.2. The summed E-state index contributed by atoms with van der Waals surface area (Å²) in [7, 11) is 2.01. The summed E-state index contributed by atoms with van der Waals surface area (Å²) in [6.07, 6.45) is 2.66. The normalized spacial score (nSPS) is 23.3. The number of aryl methyl sites for hydroxylation is 1. The molecule has 2 heterocycles. The van der Waals surface area contributed by atoms with Gasteiger partial charge in [0.05, 0.1) is 10.9 Å². The zero-order chi connectivity index (χ0) is 10.8. The van der Waals surface area contributed by atoms with Crippen molar-refractivity contribution in [1.82, 2.24) is 10.3 Å². The smallest absolute Gasteiger partial charge is 0.106 e. The van der Waals surface area contributed by atoms with Gasteiger partial charge in [-0.3, -0.25) is 0 Å². The van der Waals surface area contributed by atoms with E-state index in [4.69, 9.17) is 4.98 Å². The molecule has 2 unspecified atom stereocenters. The van der Waals surface area contributed by atoms with E-state index >= 15 is 0 Å². The molecule has 0 spiro atoms. The molecule has 2 nitrogen and oxygen atoms in total. The molecule has 0 bridgehead atoms. The van der Waals surface area contributed by atoms with Crippen molar-refractivity contribution in [1.29, 1.82) is 0 Å². The minimum atomic E-state index is 0.433. The third-order valence-corrected chi connectivity index (χ3v) is 5.87. The van der Waals surface area contributed by atoms with E-state index in [-0.39, 0.29) is 0 Å². The molecule has 1 saturated heterocycles. The van der Waals surface area contributed by atoms with Crippen LogP contribution in [0.25, 0.3) is 0 Å². The van der Waals surface area contributed by atoms with Gasteiger partial charge in [-0.25, -0.2) is 4.98 Å². The largest absolute Gasteiger partial charge is 0.312 e. The van der Waals surface area contributed by atoms with Crippen molar-refractivity contribution in [3.63, 3.8) is 0 Å². The predicted molar refractivity (Wildman–Crippen MR) is 68.8 cm³/mol. The highest BCUT2D eigenvalue weighted by Crippen LogP contribution is 2.42. The highest BCUT2D eigenvalue weighted by atomic mass is 32.2. The van der Waals surface area contributed by atoms with Gasteiger partial charge in [-0.1, -0.05) is 0 Å². The highest BCUT2D eigenvalue weighted by Gasteiger charge is 2.23. The predicted octanol–water partition coefficient (Wildman–Crippen LogP) is 3.30. The van der Waals surface area contributed by atoms with Crippen LogP contribution >= 0.6 is 23.1 Å². The van der Waals surface area contributed by atoms with E-state index in [0.29, 0.717) is 11.3 Å². The molecule has 0 radical (unpaired) electrons. The van der Waals surface area contributed by atoms with E-state index in [2.05, 4.69) is 30.9 Å². The Hall–Kier alpha value is -0.0600. The second kappa shape index (κ2) is 4.85. The van der Waals surface area contributed by atoms with Crippen LogP contribution in [-0.4, -0.2) is 17.8 Å². The van der Waals surface area contributed by atoms with Gasteiger partial charge in [0.15, 0.2) is 0 Å². The molecule has 4 heteroatoms. The molecule has 84 valence electrons. The minimum absolute atomic E-state index is 0.433. The number of aromatic nitrogens is 1. The summed E-state index contributed by atoms with van der Waals surface area (Å²) in [5.41, 5.74) is 1.21. The summed E-state index contributed by atoms with van der Waals surface area (Å²) < 4.78 is 0. The quantitative estimate of drug-likeness (QED) is 0.880. The van der Waals surface area contributed by atoms with Crippen molar-refractivity contribution >= 4 is 23.1 Å². The zero-order valence-corrected chi connectivity index (χ0v) is 11.2. The molecule has 1 N–H and O–H groups in total. The van der Waals surface area contributed by atoms with Crippen molar-refractivity contribution in [3.8, 4) is 0 Å². The van der Waals surface area contributed by atoms with Gasteiger partial charge >= 0.3 is 0 Å². The second-order valence-electron chi connectivity index (χ2n) is 4.01. The summed E-state index contributed by atoms with van der Waals surface area (Å²) in [6.45, 7) is 4.33. The summed E-state index contributed by atoms with van der Waals surface area (Å²) >= 11 is 3.96. The molecular formula is C11H18N2S2. The lowest BCUT2D eigenvalue weighted by Gasteiger charge is -2.07. The van der Waals surface area contributed by atoms with E-state index in [1.54, 1.807) is 0 Å². The lowest BCUT2D eigenvalue weighted by molar-refractivity contribution is 0.658. The molecule has 15 heavy (non-hydrogen) atoms. The van der Waals surface area contributed by atoms with Crippen LogP contribution in [0.15, 0.2) is 0 Å². The van der Waals surface area contributed by atoms with Gasteiger partial charge in [-0.05, 0) is 39.5 Å².